The second kappa shape index (κ2) is 8.63. The molecule has 1 aliphatic carbocycles. The number of esters is 1. The van der Waals surface area contributed by atoms with Gasteiger partial charge >= 0.3 is 12.0 Å². The normalized spacial score (nSPS) is 19.0. The molecule has 1 unspecified atom stereocenters. The van der Waals surface area contributed by atoms with Crippen molar-refractivity contribution in [1.82, 2.24) is 15.1 Å². The molecular formula is C21H27N3O5. The summed E-state index contributed by atoms with van der Waals surface area (Å²) in [5.74, 6) is -1.26. The van der Waals surface area contributed by atoms with Crippen LogP contribution in [0.15, 0.2) is 30.3 Å². The fraction of sp³-hybridized carbons (Fsp3) is 0.524. The molecule has 0 aromatic heterocycles. The smallest absolute Gasteiger partial charge is 0.325 e. The van der Waals surface area contributed by atoms with Crippen LogP contribution in [0.2, 0.25) is 0 Å². The van der Waals surface area contributed by atoms with E-state index in [1.54, 1.807) is 44.4 Å². The average molecular weight is 401 g/mol. The lowest BCUT2D eigenvalue weighted by Crippen LogP contribution is -2.48. The summed E-state index contributed by atoms with van der Waals surface area (Å²) in [5.41, 5.74) is -0.247. The first-order valence-corrected chi connectivity index (χ1v) is 9.94. The molecule has 1 aliphatic heterocycles. The molecule has 3 rings (SSSR count). The largest absolute Gasteiger partial charge is 0.447 e. The molecule has 29 heavy (non-hydrogen) atoms. The molecule has 1 aromatic carbocycles. The van der Waals surface area contributed by atoms with Gasteiger partial charge in [0.15, 0.2) is 0 Å². The quantitative estimate of drug-likeness (QED) is 0.581. The van der Waals surface area contributed by atoms with E-state index in [4.69, 9.17) is 4.74 Å². The van der Waals surface area contributed by atoms with Crippen molar-refractivity contribution in [1.29, 1.82) is 0 Å². The molecule has 8 nitrogen and oxygen atoms in total. The zero-order chi connectivity index (χ0) is 21.0. The summed E-state index contributed by atoms with van der Waals surface area (Å²) < 4.78 is 5.43. The van der Waals surface area contributed by atoms with Crippen molar-refractivity contribution >= 4 is 23.8 Å². The molecule has 1 spiro atoms. The minimum Gasteiger partial charge on any atom is -0.447 e. The molecule has 0 radical (unpaired) electrons. The molecular weight excluding hydrogens is 374 g/mol. The molecule has 8 heteroatoms. The Morgan fingerprint density at radius 2 is 1.79 bits per heavy atom. The summed E-state index contributed by atoms with van der Waals surface area (Å²) >= 11 is 0. The fourth-order valence-electron chi connectivity index (χ4n) is 3.89. The van der Waals surface area contributed by atoms with Crippen molar-refractivity contribution in [3.63, 3.8) is 0 Å². The molecule has 156 valence electrons. The Morgan fingerprint density at radius 3 is 2.41 bits per heavy atom. The minimum absolute atomic E-state index is 0.0666. The summed E-state index contributed by atoms with van der Waals surface area (Å²) in [7, 11) is 3.17. The Labute approximate surface area is 170 Å². The van der Waals surface area contributed by atoms with E-state index in [0.29, 0.717) is 18.4 Å². The van der Waals surface area contributed by atoms with Gasteiger partial charge < -0.3 is 15.0 Å². The summed E-state index contributed by atoms with van der Waals surface area (Å²) in [4.78, 5) is 52.4. The first-order valence-electron chi connectivity index (χ1n) is 9.94. The number of carbonyl (C=O) groups is 4. The van der Waals surface area contributed by atoms with Gasteiger partial charge in [-0.15, -0.1) is 0 Å². The fourth-order valence-corrected chi connectivity index (χ4v) is 3.89. The van der Waals surface area contributed by atoms with Crippen molar-refractivity contribution in [2.75, 3.05) is 20.6 Å². The van der Waals surface area contributed by atoms with Crippen molar-refractivity contribution < 1.29 is 23.9 Å². The van der Waals surface area contributed by atoms with E-state index < -0.39 is 23.6 Å². The third kappa shape index (κ3) is 4.41. The summed E-state index contributed by atoms with van der Waals surface area (Å²) in [6, 6.07) is 8.29. The number of rotatable bonds is 6. The minimum atomic E-state index is -1.06. The van der Waals surface area contributed by atoms with Gasteiger partial charge in [-0.2, -0.15) is 0 Å². The Morgan fingerprint density at radius 1 is 1.14 bits per heavy atom. The van der Waals surface area contributed by atoms with Gasteiger partial charge in [-0.05, 0) is 12.8 Å². The van der Waals surface area contributed by atoms with Crippen LogP contribution in [0.25, 0.3) is 0 Å². The number of likely N-dealkylation sites (N-methyl/N-ethyl adjacent to an activating group) is 1. The molecule has 1 saturated carbocycles. The lowest BCUT2D eigenvalue weighted by Gasteiger charge is -2.30. The van der Waals surface area contributed by atoms with Gasteiger partial charge in [0, 0.05) is 26.2 Å². The lowest BCUT2D eigenvalue weighted by atomic mass is 9.82. The van der Waals surface area contributed by atoms with Gasteiger partial charge in [-0.3, -0.25) is 19.3 Å². The lowest BCUT2D eigenvalue weighted by molar-refractivity contribution is -0.160. The topological polar surface area (TPSA) is 96.0 Å². The Balaban J connectivity index is 1.63. The van der Waals surface area contributed by atoms with Crippen LogP contribution in [0.3, 0.4) is 0 Å². The maximum atomic E-state index is 12.8. The third-order valence-corrected chi connectivity index (χ3v) is 5.51. The maximum absolute atomic E-state index is 12.8. The van der Waals surface area contributed by atoms with Gasteiger partial charge in [0.1, 0.15) is 5.54 Å². The van der Waals surface area contributed by atoms with E-state index >= 15 is 0 Å². The summed E-state index contributed by atoms with van der Waals surface area (Å²) in [5, 5.41) is 2.82. The second-order valence-electron chi connectivity index (χ2n) is 7.79. The van der Waals surface area contributed by atoms with Crippen molar-refractivity contribution in [2.24, 2.45) is 0 Å². The van der Waals surface area contributed by atoms with E-state index in [1.165, 1.54) is 4.90 Å². The average Bonchev–Trinajstić information content (AvgIpc) is 2.94. The van der Waals surface area contributed by atoms with Gasteiger partial charge in [-0.25, -0.2) is 4.79 Å². The Kier molecular flexibility index (Phi) is 6.20. The number of benzene rings is 1. The molecule has 1 saturated heterocycles. The first kappa shape index (κ1) is 20.8. The van der Waals surface area contributed by atoms with Crippen LogP contribution in [-0.2, 0) is 19.1 Å². The van der Waals surface area contributed by atoms with Crippen LogP contribution in [0.5, 0.6) is 0 Å². The van der Waals surface area contributed by atoms with E-state index in [9.17, 15) is 19.2 Å². The highest BCUT2D eigenvalue weighted by Crippen LogP contribution is 2.33. The molecule has 1 N–H and O–H groups in total. The van der Waals surface area contributed by atoms with E-state index in [2.05, 4.69) is 5.32 Å². The van der Waals surface area contributed by atoms with Crippen molar-refractivity contribution in [2.45, 2.75) is 50.2 Å². The predicted molar refractivity (Wildman–Crippen MR) is 105 cm³/mol. The van der Waals surface area contributed by atoms with E-state index in [0.717, 1.165) is 24.2 Å². The van der Waals surface area contributed by atoms with Crippen LogP contribution in [-0.4, -0.2) is 59.8 Å². The SMILES string of the molecule is CN(C)C(=O)C(OC(=O)CCN1C(=O)NC2(CCCCC2)C1=O)c1ccccc1. The molecule has 0 bridgehead atoms. The monoisotopic (exact) mass is 401 g/mol. The van der Waals surface area contributed by atoms with Gasteiger partial charge in [-0.1, -0.05) is 49.6 Å². The standard InChI is InChI=1S/C21H27N3O5/c1-23(2)18(26)17(15-9-5-3-6-10-15)29-16(25)11-14-24-19(27)21(22-20(24)28)12-7-4-8-13-21/h3,5-6,9-10,17H,4,7-8,11-14H2,1-2H3,(H,22,28). The van der Waals surface area contributed by atoms with E-state index in [1.807, 2.05) is 0 Å². The molecule has 2 aliphatic rings. The number of amides is 4. The van der Waals surface area contributed by atoms with E-state index in [-0.39, 0.29) is 24.8 Å². The number of urea groups is 1. The highest BCUT2D eigenvalue weighted by atomic mass is 16.5. The van der Waals surface area contributed by atoms with Gasteiger partial charge in [0.2, 0.25) is 6.10 Å². The number of hydrogen-bond donors (Lipinski definition) is 1. The highest BCUT2D eigenvalue weighted by Gasteiger charge is 2.51. The first-order chi connectivity index (χ1) is 13.8. The number of nitrogens with zero attached hydrogens (tertiary/aromatic N) is 2. The molecule has 1 aromatic rings. The Hall–Kier alpha value is -2.90. The molecule has 4 amide bonds. The zero-order valence-corrected chi connectivity index (χ0v) is 16.8. The number of ether oxygens (including phenoxy) is 1. The predicted octanol–water partition coefficient (Wildman–Crippen LogP) is 2.00. The van der Waals surface area contributed by atoms with Crippen LogP contribution in [0.1, 0.15) is 50.2 Å². The third-order valence-electron chi connectivity index (χ3n) is 5.51. The maximum Gasteiger partial charge on any atom is 0.325 e. The Bertz CT molecular complexity index is 787. The van der Waals surface area contributed by atoms with Crippen LogP contribution < -0.4 is 5.32 Å². The van der Waals surface area contributed by atoms with Gasteiger partial charge in [0.25, 0.3) is 11.8 Å². The van der Waals surface area contributed by atoms with Crippen LogP contribution in [0, 0.1) is 0 Å². The summed E-state index contributed by atoms with van der Waals surface area (Å²) in [6.45, 7) is -0.0666. The number of carbonyl (C=O) groups excluding carboxylic acids is 4. The van der Waals surface area contributed by atoms with Crippen molar-refractivity contribution in [3.8, 4) is 0 Å². The molecule has 2 fully saturated rings. The van der Waals surface area contributed by atoms with Crippen molar-refractivity contribution in [3.05, 3.63) is 35.9 Å². The zero-order valence-electron chi connectivity index (χ0n) is 16.8. The molecule has 1 atom stereocenters. The molecule has 1 heterocycles. The second-order valence-corrected chi connectivity index (χ2v) is 7.79. The number of imide groups is 1. The number of hydrogen-bond acceptors (Lipinski definition) is 5. The number of nitrogens with one attached hydrogen (secondary N) is 1. The highest BCUT2D eigenvalue weighted by molar-refractivity contribution is 6.07. The van der Waals surface area contributed by atoms with Crippen LogP contribution in [0.4, 0.5) is 4.79 Å². The van der Waals surface area contributed by atoms with Crippen LogP contribution >= 0.6 is 0 Å². The van der Waals surface area contributed by atoms with Gasteiger partial charge in [0.05, 0.1) is 6.42 Å². The summed E-state index contributed by atoms with van der Waals surface area (Å²) in [6.07, 6.45) is 2.88.